The van der Waals surface area contributed by atoms with Crippen LogP contribution in [0.15, 0.2) is 5.38 Å². The van der Waals surface area contributed by atoms with Crippen LogP contribution in [0.5, 0.6) is 0 Å². The lowest BCUT2D eigenvalue weighted by molar-refractivity contribution is -0.119. The molecule has 0 radical (unpaired) electrons. The van der Waals surface area contributed by atoms with Gasteiger partial charge in [0.15, 0.2) is 5.78 Å². The Balaban J connectivity index is 1.83. The summed E-state index contributed by atoms with van der Waals surface area (Å²) in [6, 6.07) is -0.969. The van der Waals surface area contributed by atoms with Crippen molar-refractivity contribution in [3.63, 3.8) is 0 Å². The Kier molecular flexibility index (Phi) is 7.88. The quantitative estimate of drug-likeness (QED) is 0.705. The minimum absolute atomic E-state index is 0.139. The van der Waals surface area contributed by atoms with Crippen molar-refractivity contribution in [2.24, 2.45) is 0 Å². The number of nitrogens with zero attached hydrogens (tertiary/aromatic N) is 3. The predicted molar refractivity (Wildman–Crippen MR) is 106 cm³/mol. The molecule has 1 aromatic rings. The lowest BCUT2D eigenvalue weighted by atomic mass is 10.1. The molecule has 9 heteroatoms. The summed E-state index contributed by atoms with van der Waals surface area (Å²) in [7, 11) is 1.66. The molecule has 28 heavy (non-hydrogen) atoms. The molecule has 158 valence electrons. The number of rotatable bonds is 8. The summed E-state index contributed by atoms with van der Waals surface area (Å²) in [6.45, 7) is 7.07. The fourth-order valence-corrected chi connectivity index (χ4v) is 3.85. The maximum absolute atomic E-state index is 13.2. The Hall–Kier alpha value is -1.61. The smallest absolute Gasteiger partial charge is 0.318 e. The van der Waals surface area contributed by atoms with Gasteiger partial charge in [-0.15, -0.1) is 11.3 Å². The van der Waals surface area contributed by atoms with E-state index in [1.807, 2.05) is 10.3 Å². The normalized spacial score (nSPS) is 18.1. The first kappa shape index (κ1) is 22.7. The number of amides is 2. The lowest BCUT2D eigenvalue weighted by Crippen LogP contribution is -2.48. The Bertz CT molecular complexity index is 671. The van der Waals surface area contributed by atoms with Gasteiger partial charge in [-0.05, 0) is 13.3 Å². The third-order valence-electron chi connectivity index (χ3n) is 4.92. The van der Waals surface area contributed by atoms with Crippen molar-refractivity contribution in [3.05, 3.63) is 16.1 Å². The van der Waals surface area contributed by atoms with Gasteiger partial charge in [-0.3, -0.25) is 4.79 Å². The van der Waals surface area contributed by atoms with Crippen molar-refractivity contribution in [2.75, 3.05) is 26.7 Å². The molecule has 1 aliphatic rings. The van der Waals surface area contributed by atoms with Crippen molar-refractivity contribution in [3.8, 4) is 0 Å². The van der Waals surface area contributed by atoms with Crippen LogP contribution in [-0.2, 0) is 11.3 Å². The SMILES string of the molecule is CC(=O)C(CCN1CCC(F)(F)CC1)NC(=O)N(C)Cc1csc(C(C)C)n1. The molecule has 2 heterocycles. The predicted octanol–water partition coefficient (Wildman–Crippen LogP) is 3.49. The first-order valence-corrected chi connectivity index (χ1v) is 10.5. The first-order valence-electron chi connectivity index (χ1n) is 9.64. The van der Waals surface area contributed by atoms with Crippen molar-refractivity contribution in [1.29, 1.82) is 0 Å². The highest BCUT2D eigenvalue weighted by atomic mass is 32.1. The van der Waals surface area contributed by atoms with E-state index in [-0.39, 0.29) is 24.7 Å². The number of hydrogen-bond acceptors (Lipinski definition) is 5. The first-order chi connectivity index (χ1) is 13.1. The monoisotopic (exact) mass is 416 g/mol. The van der Waals surface area contributed by atoms with Gasteiger partial charge in [-0.2, -0.15) is 0 Å². The number of carbonyl (C=O) groups excluding carboxylic acids is 2. The number of alkyl halides is 2. The van der Waals surface area contributed by atoms with Crippen LogP contribution in [0, 0.1) is 0 Å². The minimum atomic E-state index is -2.58. The second-order valence-corrected chi connectivity index (χ2v) is 8.68. The van der Waals surface area contributed by atoms with Crippen LogP contribution in [0.4, 0.5) is 13.6 Å². The van der Waals surface area contributed by atoms with E-state index < -0.39 is 12.0 Å². The zero-order valence-corrected chi connectivity index (χ0v) is 17.8. The van der Waals surface area contributed by atoms with Gasteiger partial charge in [-0.25, -0.2) is 18.6 Å². The van der Waals surface area contributed by atoms with E-state index >= 15 is 0 Å². The van der Waals surface area contributed by atoms with Crippen LogP contribution in [0.1, 0.15) is 56.7 Å². The van der Waals surface area contributed by atoms with E-state index in [0.29, 0.717) is 38.5 Å². The number of urea groups is 1. The van der Waals surface area contributed by atoms with E-state index in [1.54, 1.807) is 18.4 Å². The van der Waals surface area contributed by atoms with Crippen molar-refractivity contribution in [2.45, 2.75) is 64.5 Å². The highest BCUT2D eigenvalue weighted by Crippen LogP contribution is 2.27. The summed E-state index contributed by atoms with van der Waals surface area (Å²) in [6.07, 6.45) is 0.104. The summed E-state index contributed by atoms with van der Waals surface area (Å²) in [5, 5.41) is 5.72. The minimum Gasteiger partial charge on any atom is -0.328 e. The van der Waals surface area contributed by atoms with E-state index in [0.717, 1.165) is 10.7 Å². The van der Waals surface area contributed by atoms with Gasteiger partial charge in [0.2, 0.25) is 0 Å². The second kappa shape index (κ2) is 9.73. The highest BCUT2D eigenvalue weighted by Gasteiger charge is 2.34. The average molecular weight is 417 g/mol. The maximum atomic E-state index is 13.2. The standard InChI is InChI=1S/C19H30F2N4O2S/c1-13(2)17-22-15(12-28-17)11-24(4)18(27)23-16(14(3)26)5-8-25-9-6-19(20,21)7-10-25/h12-13,16H,5-11H2,1-4H3,(H,23,27). The zero-order chi connectivity index (χ0) is 20.9. The molecule has 1 aliphatic heterocycles. The summed E-state index contributed by atoms with van der Waals surface area (Å²) >= 11 is 1.57. The molecule has 1 saturated heterocycles. The molecule has 1 aromatic heterocycles. The number of ketones is 1. The van der Waals surface area contributed by atoms with E-state index in [2.05, 4.69) is 24.1 Å². The number of piperidine rings is 1. The van der Waals surface area contributed by atoms with Crippen LogP contribution in [0.3, 0.4) is 0 Å². The van der Waals surface area contributed by atoms with Crippen molar-refractivity contribution in [1.82, 2.24) is 20.1 Å². The second-order valence-electron chi connectivity index (χ2n) is 7.79. The number of thiazole rings is 1. The molecule has 0 aromatic carbocycles. The van der Waals surface area contributed by atoms with E-state index in [4.69, 9.17) is 0 Å². The maximum Gasteiger partial charge on any atom is 0.318 e. The molecular formula is C19H30F2N4O2S. The summed E-state index contributed by atoms with van der Waals surface area (Å²) in [5.74, 6) is -2.38. The van der Waals surface area contributed by atoms with E-state index in [9.17, 15) is 18.4 Å². The van der Waals surface area contributed by atoms with Crippen LogP contribution in [0.25, 0.3) is 0 Å². The topological polar surface area (TPSA) is 65.5 Å². The Morgan fingerprint density at radius 3 is 2.54 bits per heavy atom. The Morgan fingerprint density at radius 2 is 2.00 bits per heavy atom. The third-order valence-corrected chi connectivity index (χ3v) is 6.11. The molecule has 0 saturated carbocycles. The number of hydrogen-bond donors (Lipinski definition) is 1. The zero-order valence-electron chi connectivity index (χ0n) is 17.0. The van der Waals surface area contributed by atoms with Gasteiger partial charge in [-0.1, -0.05) is 13.8 Å². The molecule has 0 aliphatic carbocycles. The number of aromatic nitrogens is 1. The van der Waals surface area contributed by atoms with Gasteiger partial charge >= 0.3 is 6.03 Å². The molecule has 1 atom stereocenters. The largest absolute Gasteiger partial charge is 0.328 e. The number of Topliss-reactive ketones (excluding diaryl/α,β-unsaturated/α-hetero) is 1. The van der Waals surface area contributed by atoms with Gasteiger partial charge in [0.25, 0.3) is 5.92 Å². The molecule has 0 bridgehead atoms. The number of halogens is 2. The fraction of sp³-hybridized carbons (Fsp3) is 0.737. The average Bonchev–Trinajstić information content (AvgIpc) is 3.08. The fourth-order valence-electron chi connectivity index (χ4n) is 3.03. The third kappa shape index (κ3) is 6.77. The van der Waals surface area contributed by atoms with Gasteiger partial charge in [0, 0.05) is 50.8 Å². The number of carbonyl (C=O) groups is 2. The van der Waals surface area contributed by atoms with Crippen LogP contribution in [-0.4, -0.2) is 65.2 Å². The number of likely N-dealkylation sites (tertiary alicyclic amines) is 1. The van der Waals surface area contributed by atoms with Gasteiger partial charge in [0.1, 0.15) is 0 Å². The van der Waals surface area contributed by atoms with Crippen LogP contribution < -0.4 is 5.32 Å². The molecule has 2 amide bonds. The molecule has 2 rings (SSSR count). The molecule has 1 fully saturated rings. The van der Waals surface area contributed by atoms with Crippen LogP contribution in [0.2, 0.25) is 0 Å². The van der Waals surface area contributed by atoms with Crippen molar-refractivity contribution >= 4 is 23.2 Å². The van der Waals surface area contributed by atoms with Crippen molar-refractivity contribution < 1.29 is 18.4 Å². The lowest BCUT2D eigenvalue weighted by Gasteiger charge is -2.32. The number of nitrogens with one attached hydrogen (secondary N) is 1. The molecule has 0 spiro atoms. The molecule has 1 unspecified atom stereocenters. The molecule has 1 N–H and O–H groups in total. The molecular weight excluding hydrogens is 386 g/mol. The summed E-state index contributed by atoms with van der Waals surface area (Å²) < 4.78 is 26.5. The molecule has 6 nitrogen and oxygen atoms in total. The Labute approximate surface area is 169 Å². The van der Waals surface area contributed by atoms with Gasteiger partial charge in [0.05, 0.1) is 23.3 Å². The summed E-state index contributed by atoms with van der Waals surface area (Å²) in [4.78, 5) is 32.3. The van der Waals surface area contributed by atoms with E-state index in [1.165, 1.54) is 11.8 Å². The van der Waals surface area contributed by atoms with Gasteiger partial charge < -0.3 is 15.1 Å². The Morgan fingerprint density at radius 1 is 1.36 bits per heavy atom. The summed E-state index contributed by atoms with van der Waals surface area (Å²) in [5.41, 5.74) is 0.819. The highest BCUT2D eigenvalue weighted by molar-refractivity contribution is 7.09. The van der Waals surface area contributed by atoms with Crippen LogP contribution >= 0.6 is 11.3 Å².